The van der Waals surface area contributed by atoms with Gasteiger partial charge in [0.25, 0.3) is 5.91 Å². The zero-order chi connectivity index (χ0) is 14.9. The Hall–Kier alpha value is -1.49. The number of piperidine rings is 1. The second kappa shape index (κ2) is 4.28. The average Bonchev–Trinajstić information content (AvgIpc) is 3.27. The van der Waals surface area contributed by atoms with Crippen LogP contribution in [0, 0.1) is 5.92 Å². The molecule has 3 heterocycles. The van der Waals surface area contributed by atoms with Gasteiger partial charge in [0.2, 0.25) is 5.91 Å². The molecule has 1 aromatic carbocycles. The van der Waals surface area contributed by atoms with Crippen molar-refractivity contribution in [3.63, 3.8) is 0 Å². The van der Waals surface area contributed by atoms with E-state index in [9.17, 15) is 9.59 Å². The highest BCUT2D eigenvalue weighted by Gasteiger charge is 2.60. The van der Waals surface area contributed by atoms with E-state index in [-0.39, 0.29) is 11.8 Å². The van der Waals surface area contributed by atoms with Gasteiger partial charge in [-0.15, -0.1) is 0 Å². The fourth-order valence-electron chi connectivity index (χ4n) is 4.68. The molecule has 4 aliphatic rings. The van der Waals surface area contributed by atoms with Gasteiger partial charge in [-0.25, -0.2) is 0 Å². The number of para-hydroxylation sites is 1. The fourth-order valence-corrected chi connectivity index (χ4v) is 6.16. The summed E-state index contributed by atoms with van der Waals surface area (Å²) < 4.78 is 0. The van der Waals surface area contributed by atoms with E-state index in [4.69, 9.17) is 0 Å². The van der Waals surface area contributed by atoms with Gasteiger partial charge < -0.3 is 4.90 Å². The molecule has 0 aromatic heterocycles. The Morgan fingerprint density at radius 2 is 2.14 bits per heavy atom. The Morgan fingerprint density at radius 1 is 1.27 bits per heavy atom. The predicted molar refractivity (Wildman–Crippen MR) is 84.6 cm³/mol. The van der Waals surface area contributed by atoms with Crippen molar-refractivity contribution in [2.45, 2.75) is 47.9 Å². The molecule has 2 saturated heterocycles. The largest absolute Gasteiger partial charge is 0.337 e. The minimum absolute atomic E-state index is 0.0927. The van der Waals surface area contributed by atoms with Gasteiger partial charge in [0.05, 0.1) is 5.69 Å². The number of benzene rings is 1. The molecule has 2 bridgehead atoms. The fraction of sp³-hybridized carbons (Fsp3) is 0.529. The molecule has 114 valence electrons. The van der Waals surface area contributed by atoms with Crippen LogP contribution in [-0.2, 0) is 9.59 Å². The van der Waals surface area contributed by atoms with Gasteiger partial charge in [0.1, 0.15) is 0 Å². The molecule has 5 heteroatoms. The molecular formula is C17H18N2O2S. The number of anilines is 1. The molecule has 1 aliphatic carbocycles. The molecule has 5 rings (SSSR count). The minimum Gasteiger partial charge on any atom is -0.337 e. The van der Waals surface area contributed by atoms with Crippen LogP contribution in [0.25, 0.3) is 0 Å². The predicted octanol–water partition coefficient (Wildman–Crippen LogP) is 2.63. The first-order valence-electron chi connectivity index (χ1n) is 8.11. The normalized spacial score (nSPS) is 35.2. The number of hydrogen-bond acceptors (Lipinski definition) is 3. The van der Waals surface area contributed by atoms with Crippen LogP contribution in [0.5, 0.6) is 0 Å². The average molecular weight is 314 g/mol. The number of thioether (sulfide) groups is 1. The topological polar surface area (TPSA) is 40.6 Å². The molecule has 3 atom stereocenters. The van der Waals surface area contributed by atoms with Crippen LogP contribution < -0.4 is 4.90 Å². The van der Waals surface area contributed by atoms with Crippen LogP contribution in [0.3, 0.4) is 0 Å². The number of hydrogen-bond donors (Lipinski definition) is 0. The van der Waals surface area contributed by atoms with E-state index >= 15 is 0 Å². The van der Waals surface area contributed by atoms with Gasteiger partial charge in [-0.3, -0.25) is 14.5 Å². The Labute approximate surface area is 133 Å². The van der Waals surface area contributed by atoms with Gasteiger partial charge >= 0.3 is 0 Å². The van der Waals surface area contributed by atoms with Crippen molar-refractivity contribution in [2.75, 3.05) is 11.4 Å². The third-order valence-electron chi connectivity index (χ3n) is 5.68. The van der Waals surface area contributed by atoms with Gasteiger partial charge in [-0.05, 0) is 43.7 Å². The number of nitrogens with zero attached hydrogens (tertiary/aromatic N) is 2. The van der Waals surface area contributed by atoms with Crippen molar-refractivity contribution in [3.05, 3.63) is 24.3 Å². The third kappa shape index (κ3) is 1.50. The second-order valence-electron chi connectivity index (χ2n) is 6.87. The standard InChI is InChI=1S/C17H18N2O2S/c20-15-7-8-17(16(21)18-10-11-5-6-12(18)9-11)19(15)13-3-1-2-4-14(13)22-17/h1-4,11-12H,5-10H2. The van der Waals surface area contributed by atoms with Crippen molar-refractivity contribution in [3.8, 4) is 0 Å². The molecule has 0 spiro atoms. The number of amides is 2. The first kappa shape index (κ1) is 13.0. The summed E-state index contributed by atoms with van der Waals surface area (Å²) in [4.78, 5) is 30.0. The van der Waals surface area contributed by atoms with E-state index in [0.717, 1.165) is 30.0 Å². The molecule has 4 nitrogen and oxygen atoms in total. The van der Waals surface area contributed by atoms with Crippen LogP contribution >= 0.6 is 11.8 Å². The highest BCUT2D eigenvalue weighted by molar-refractivity contribution is 8.02. The maximum atomic E-state index is 13.4. The van der Waals surface area contributed by atoms with E-state index < -0.39 is 4.87 Å². The van der Waals surface area contributed by atoms with E-state index in [2.05, 4.69) is 4.90 Å². The van der Waals surface area contributed by atoms with Crippen LogP contribution in [0.4, 0.5) is 5.69 Å². The number of fused-ring (bicyclic) bond motifs is 5. The van der Waals surface area contributed by atoms with Gasteiger partial charge in [-0.2, -0.15) is 0 Å². The van der Waals surface area contributed by atoms with E-state index in [0.29, 0.717) is 24.8 Å². The number of likely N-dealkylation sites (tertiary alicyclic amines) is 1. The van der Waals surface area contributed by atoms with Crippen molar-refractivity contribution in [1.82, 2.24) is 4.90 Å². The molecule has 22 heavy (non-hydrogen) atoms. The minimum atomic E-state index is -0.703. The molecule has 1 aromatic rings. The molecule has 0 radical (unpaired) electrons. The summed E-state index contributed by atoms with van der Waals surface area (Å²) in [6.45, 7) is 0.893. The van der Waals surface area contributed by atoms with Crippen LogP contribution in [0.15, 0.2) is 29.2 Å². The molecule has 3 fully saturated rings. The first-order valence-corrected chi connectivity index (χ1v) is 8.93. The lowest BCUT2D eigenvalue weighted by atomic mass is 10.1. The quantitative estimate of drug-likeness (QED) is 0.800. The summed E-state index contributed by atoms with van der Waals surface area (Å²) in [5.74, 6) is 0.951. The maximum Gasteiger partial charge on any atom is 0.260 e. The molecular weight excluding hydrogens is 296 g/mol. The summed E-state index contributed by atoms with van der Waals surface area (Å²) in [6, 6.07) is 8.33. The van der Waals surface area contributed by atoms with Crippen molar-refractivity contribution < 1.29 is 9.59 Å². The molecule has 3 unspecified atom stereocenters. The maximum absolute atomic E-state index is 13.4. The van der Waals surface area contributed by atoms with Crippen molar-refractivity contribution >= 4 is 29.3 Å². The first-order chi connectivity index (χ1) is 10.7. The highest BCUT2D eigenvalue weighted by Crippen LogP contribution is 2.57. The molecule has 1 saturated carbocycles. The summed E-state index contributed by atoms with van der Waals surface area (Å²) in [7, 11) is 0. The zero-order valence-corrected chi connectivity index (χ0v) is 13.1. The van der Waals surface area contributed by atoms with Crippen LogP contribution in [0.1, 0.15) is 32.1 Å². The van der Waals surface area contributed by atoms with Crippen molar-refractivity contribution in [1.29, 1.82) is 0 Å². The van der Waals surface area contributed by atoms with E-state index in [1.54, 1.807) is 16.7 Å². The lowest BCUT2D eigenvalue weighted by molar-refractivity contribution is -0.135. The highest BCUT2D eigenvalue weighted by atomic mass is 32.2. The van der Waals surface area contributed by atoms with Gasteiger partial charge in [-0.1, -0.05) is 23.9 Å². The van der Waals surface area contributed by atoms with Gasteiger partial charge in [0.15, 0.2) is 4.87 Å². The lowest BCUT2D eigenvalue weighted by Gasteiger charge is -2.37. The Morgan fingerprint density at radius 3 is 2.91 bits per heavy atom. The Kier molecular flexibility index (Phi) is 2.53. The third-order valence-corrected chi connectivity index (χ3v) is 7.14. The van der Waals surface area contributed by atoms with Crippen LogP contribution in [-0.4, -0.2) is 34.2 Å². The molecule has 2 amide bonds. The van der Waals surface area contributed by atoms with E-state index in [1.807, 2.05) is 24.3 Å². The zero-order valence-electron chi connectivity index (χ0n) is 12.3. The molecule has 3 aliphatic heterocycles. The van der Waals surface area contributed by atoms with E-state index in [1.165, 1.54) is 6.42 Å². The summed E-state index contributed by atoms with van der Waals surface area (Å²) in [6.07, 6.45) is 4.68. The monoisotopic (exact) mass is 314 g/mol. The Bertz CT molecular complexity index is 691. The lowest BCUT2D eigenvalue weighted by Crippen LogP contribution is -2.55. The number of carbonyl (C=O) groups is 2. The number of rotatable bonds is 1. The summed E-state index contributed by atoms with van der Waals surface area (Å²) in [5.41, 5.74) is 0.924. The Balaban J connectivity index is 1.56. The van der Waals surface area contributed by atoms with Gasteiger partial charge in [0, 0.05) is 23.9 Å². The SMILES string of the molecule is O=C1CCC2(C(=O)N3CC4CCC3C4)Sc3ccccc3N12. The number of carbonyl (C=O) groups excluding carboxylic acids is 2. The molecule has 0 N–H and O–H groups in total. The summed E-state index contributed by atoms with van der Waals surface area (Å²) >= 11 is 1.59. The smallest absolute Gasteiger partial charge is 0.260 e. The second-order valence-corrected chi connectivity index (χ2v) is 8.19. The summed E-state index contributed by atoms with van der Waals surface area (Å²) in [5, 5.41) is 0. The van der Waals surface area contributed by atoms with Crippen molar-refractivity contribution in [2.24, 2.45) is 5.92 Å². The van der Waals surface area contributed by atoms with Crippen LogP contribution in [0.2, 0.25) is 0 Å².